The third-order valence-electron chi connectivity index (χ3n) is 3.85. The molecule has 3 rings (SSSR count). The average Bonchev–Trinajstić information content (AvgIpc) is 2.81. The minimum atomic E-state index is -0.212. The summed E-state index contributed by atoms with van der Waals surface area (Å²) >= 11 is 0. The molecule has 1 N–H and O–H groups in total. The smallest absolute Gasteiger partial charge is 0.261 e. The van der Waals surface area contributed by atoms with Crippen molar-refractivity contribution >= 4 is 11.8 Å². The van der Waals surface area contributed by atoms with Crippen LogP contribution < -0.4 is 5.32 Å². The van der Waals surface area contributed by atoms with Gasteiger partial charge in [0, 0.05) is 31.5 Å². The Balaban J connectivity index is 1.59. The van der Waals surface area contributed by atoms with Gasteiger partial charge in [0.15, 0.2) is 0 Å². The van der Waals surface area contributed by atoms with E-state index in [2.05, 4.69) is 10.3 Å². The standard InChI is InChI=1S/C17H17N3O2/c1-12(13-5-4-8-18-11-13)19-9-10-20-16(21)14-6-2-3-7-15(14)17(20)22/h2-8,11-12,19H,9-10H2,1H3. The predicted molar refractivity (Wildman–Crippen MR) is 82.5 cm³/mol. The van der Waals surface area contributed by atoms with Crippen LogP contribution in [0.1, 0.15) is 39.2 Å². The van der Waals surface area contributed by atoms with Gasteiger partial charge in [0.25, 0.3) is 11.8 Å². The summed E-state index contributed by atoms with van der Waals surface area (Å²) in [6.07, 6.45) is 3.54. The molecule has 22 heavy (non-hydrogen) atoms. The van der Waals surface area contributed by atoms with Crippen molar-refractivity contribution in [1.29, 1.82) is 0 Å². The number of benzene rings is 1. The second-order valence-electron chi connectivity index (χ2n) is 5.27. The lowest BCUT2D eigenvalue weighted by Crippen LogP contribution is -2.36. The van der Waals surface area contributed by atoms with E-state index in [0.29, 0.717) is 24.2 Å². The number of carbonyl (C=O) groups excluding carboxylic acids is 2. The molecule has 5 heteroatoms. The van der Waals surface area contributed by atoms with Crippen LogP contribution in [0.25, 0.3) is 0 Å². The number of hydrogen-bond acceptors (Lipinski definition) is 4. The summed E-state index contributed by atoms with van der Waals surface area (Å²) in [7, 11) is 0. The van der Waals surface area contributed by atoms with E-state index in [4.69, 9.17) is 0 Å². The van der Waals surface area contributed by atoms with Crippen LogP contribution in [0, 0.1) is 0 Å². The number of imide groups is 1. The number of nitrogens with one attached hydrogen (secondary N) is 1. The van der Waals surface area contributed by atoms with Gasteiger partial charge in [0.05, 0.1) is 11.1 Å². The molecule has 0 bridgehead atoms. The maximum Gasteiger partial charge on any atom is 0.261 e. The summed E-state index contributed by atoms with van der Waals surface area (Å²) in [6.45, 7) is 2.93. The Kier molecular flexibility index (Phi) is 3.98. The molecule has 2 heterocycles. The molecule has 1 aliphatic heterocycles. The maximum atomic E-state index is 12.2. The van der Waals surface area contributed by atoms with Crippen molar-refractivity contribution < 1.29 is 9.59 Å². The molecule has 5 nitrogen and oxygen atoms in total. The molecule has 0 fully saturated rings. The summed E-state index contributed by atoms with van der Waals surface area (Å²) in [4.78, 5) is 29.8. The molecular weight excluding hydrogens is 278 g/mol. The highest BCUT2D eigenvalue weighted by Crippen LogP contribution is 2.21. The lowest BCUT2D eigenvalue weighted by Gasteiger charge is -2.17. The van der Waals surface area contributed by atoms with Crippen molar-refractivity contribution in [3.05, 3.63) is 65.5 Å². The maximum absolute atomic E-state index is 12.2. The van der Waals surface area contributed by atoms with Gasteiger partial charge in [-0.05, 0) is 30.7 Å². The molecule has 2 amide bonds. The van der Waals surface area contributed by atoms with Crippen molar-refractivity contribution in [2.24, 2.45) is 0 Å². The number of amides is 2. The topological polar surface area (TPSA) is 62.3 Å². The van der Waals surface area contributed by atoms with Crippen molar-refractivity contribution in [2.75, 3.05) is 13.1 Å². The van der Waals surface area contributed by atoms with Crippen LogP contribution in [0.3, 0.4) is 0 Å². The number of hydrogen-bond donors (Lipinski definition) is 1. The fourth-order valence-electron chi connectivity index (χ4n) is 2.59. The van der Waals surface area contributed by atoms with E-state index in [1.54, 1.807) is 36.7 Å². The number of rotatable bonds is 5. The Hall–Kier alpha value is -2.53. The fourth-order valence-corrected chi connectivity index (χ4v) is 2.59. The highest BCUT2D eigenvalue weighted by Gasteiger charge is 2.34. The van der Waals surface area contributed by atoms with Crippen molar-refractivity contribution in [2.45, 2.75) is 13.0 Å². The Morgan fingerprint density at radius 2 is 1.77 bits per heavy atom. The third-order valence-corrected chi connectivity index (χ3v) is 3.85. The normalized spacial score (nSPS) is 15.0. The third kappa shape index (κ3) is 2.63. The fraction of sp³-hybridized carbons (Fsp3) is 0.235. The van der Waals surface area contributed by atoms with Crippen molar-refractivity contribution in [3.63, 3.8) is 0 Å². The predicted octanol–water partition coefficient (Wildman–Crippen LogP) is 2.03. The molecule has 0 saturated carbocycles. The minimum Gasteiger partial charge on any atom is -0.308 e. The van der Waals surface area contributed by atoms with Crippen molar-refractivity contribution in [1.82, 2.24) is 15.2 Å². The molecule has 1 aliphatic rings. The Morgan fingerprint density at radius 3 is 2.36 bits per heavy atom. The lowest BCUT2D eigenvalue weighted by molar-refractivity contribution is 0.0654. The summed E-state index contributed by atoms with van der Waals surface area (Å²) in [5.41, 5.74) is 2.06. The van der Waals surface area contributed by atoms with Gasteiger partial charge in [-0.25, -0.2) is 0 Å². The number of pyridine rings is 1. The van der Waals surface area contributed by atoms with Crippen LogP contribution in [-0.4, -0.2) is 34.8 Å². The largest absolute Gasteiger partial charge is 0.308 e. The zero-order valence-corrected chi connectivity index (χ0v) is 12.3. The first-order chi connectivity index (χ1) is 10.7. The van der Waals surface area contributed by atoms with E-state index in [0.717, 1.165) is 5.56 Å². The van der Waals surface area contributed by atoms with E-state index >= 15 is 0 Å². The molecule has 0 aliphatic carbocycles. The zero-order chi connectivity index (χ0) is 15.5. The van der Waals surface area contributed by atoms with Crippen LogP contribution >= 0.6 is 0 Å². The van der Waals surface area contributed by atoms with Gasteiger partial charge in [-0.2, -0.15) is 0 Å². The minimum absolute atomic E-state index is 0.115. The molecule has 1 unspecified atom stereocenters. The molecule has 2 aromatic rings. The number of aromatic nitrogens is 1. The number of carbonyl (C=O) groups is 2. The first-order valence-electron chi connectivity index (χ1n) is 7.27. The second kappa shape index (κ2) is 6.07. The molecule has 0 radical (unpaired) electrons. The Labute approximate surface area is 129 Å². The molecule has 1 atom stereocenters. The van der Waals surface area contributed by atoms with E-state index in [-0.39, 0.29) is 17.9 Å². The molecule has 0 spiro atoms. The van der Waals surface area contributed by atoms with Crippen LogP contribution in [0.2, 0.25) is 0 Å². The second-order valence-corrected chi connectivity index (χ2v) is 5.27. The quantitative estimate of drug-likeness (QED) is 0.857. The van der Waals surface area contributed by atoms with Gasteiger partial charge in [-0.3, -0.25) is 19.5 Å². The number of nitrogens with zero attached hydrogens (tertiary/aromatic N) is 2. The highest BCUT2D eigenvalue weighted by atomic mass is 16.2. The summed E-state index contributed by atoms with van der Waals surface area (Å²) < 4.78 is 0. The highest BCUT2D eigenvalue weighted by molar-refractivity contribution is 6.21. The molecule has 1 aromatic heterocycles. The van der Waals surface area contributed by atoms with Gasteiger partial charge in [-0.15, -0.1) is 0 Å². The Bertz CT molecular complexity index is 665. The van der Waals surface area contributed by atoms with Gasteiger partial charge in [-0.1, -0.05) is 18.2 Å². The Morgan fingerprint density at radius 1 is 1.09 bits per heavy atom. The summed E-state index contributed by atoms with van der Waals surface area (Å²) in [6, 6.07) is 10.9. The van der Waals surface area contributed by atoms with Crippen LogP contribution in [0.5, 0.6) is 0 Å². The van der Waals surface area contributed by atoms with E-state index in [1.807, 2.05) is 19.1 Å². The van der Waals surface area contributed by atoms with Crippen LogP contribution in [0.4, 0.5) is 0 Å². The van der Waals surface area contributed by atoms with Gasteiger partial charge in [0.2, 0.25) is 0 Å². The lowest BCUT2D eigenvalue weighted by atomic mass is 10.1. The zero-order valence-electron chi connectivity index (χ0n) is 12.3. The van der Waals surface area contributed by atoms with E-state index < -0.39 is 0 Å². The summed E-state index contributed by atoms with van der Waals surface area (Å²) in [5.74, 6) is -0.423. The van der Waals surface area contributed by atoms with Crippen molar-refractivity contribution in [3.8, 4) is 0 Å². The molecule has 0 saturated heterocycles. The SMILES string of the molecule is CC(NCCN1C(=O)c2ccccc2C1=O)c1cccnc1. The molecular formula is C17H17N3O2. The van der Waals surface area contributed by atoms with Gasteiger partial charge >= 0.3 is 0 Å². The molecule has 112 valence electrons. The van der Waals surface area contributed by atoms with Crippen LogP contribution in [-0.2, 0) is 0 Å². The van der Waals surface area contributed by atoms with E-state index in [9.17, 15) is 9.59 Å². The van der Waals surface area contributed by atoms with Gasteiger partial charge in [0.1, 0.15) is 0 Å². The number of fused-ring (bicyclic) bond motifs is 1. The first kappa shape index (κ1) is 14.4. The van der Waals surface area contributed by atoms with Gasteiger partial charge < -0.3 is 5.32 Å². The first-order valence-corrected chi connectivity index (χ1v) is 7.27. The molecule has 1 aromatic carbocycles. The average molecular weight is 295 g/mol. The summed E-state index contributed by atoms with van der Waals surface area (Å²) in [5, 5.41) is 3.31. The van der Waals surface area contributed by atoms with E-state index in [1.165, 1.54) is 4.90 Å². The van der Waals surface area contributed by atoms with Crippen LogP contribution in [0.15, 0.2) is 48.8 Å². The monoisotopic (exact) mass is 295 g/mol.